The number of nitrogens with one attached hydrogen (secondary N) is 2. The molecule has 0 aliphatic rings. The summed E-state index contributed by atoms with van der Waals surface area (Å²) in [6, 6.07) is 6.21. The van der Waals surface area contributed by atoms with Crippen molar-refractivity contribution in [2.45, 2.75) is 26.2 Å². The van der Waals surface area contributed by atoms with Crippen LogP contribution in [0.1, 0.15) is 25.6 Å². The molecule has 0 saturated heterocycles. The van der Waals surface area contributed by atoms with E-state index in [1.807, 2.05) is 6.07 Å². The second kappa shape index (κ2) is 6.02. The summed E-state index contributed by atoms with van der Waals surface area (Å²) in [6.07, 6.45) is 1.58. The van der Waals surface area contributed by atoms with Gasteiger partial charge in [0.15, 0.2) is 0 Å². The van der Waals surface area contributed by atoms with Crippen molar-refractivity contribution in [2.75, 3.05) is 23.7 Å². The lowest BCUT2D eigenvalue weighted by Crippen LogP contribution is -2.26. The topological polar surface area (TPSA) is 49.8 Å². The molecule has 2 heterocycles. The van der Waals surface area contributed by atoms with Gasteiger partial charge in [0.2, 0.25) is 0 Å². The molecule has 102 valence electrons. The van der Waals surface area contributed by atoms with Gasteiger partial charge in [0.25, 0.3) is 0 Å². The lowest BCUT2D eigenvalue weighted by molar-refractivity contribution is 0.568. The summed E-state index contributed by atoms with van der Waals surface area (Å²) < 4.78 is 0. The average molecular weight is 276 g/mol. The maximum atomic E-state index is 4.25. The van der Waals surface area contributed by atoms with E-state index < -0.39 is 0 Å². The van der Waals surface area contributed by atoms with Gasteiger partial charge in [-0.05, 0) is 18.4 Å². The van der Waals surface area contributed by atoms with Gasteiger partial charge < -0.3 is 10.6 Å². The molecule has 0 bridgehead atoms. The monoisotopic (exact) mass is 276 g/mol. The normalized spacial score (nSPS) is 11.3. The third-order valence-corrected chi connectivity index (χ3v) is 4.16. The van der Waals surface area contributed by atoms with Crippen LogP contribution >= 0.6 is 11.3 Å². The second-order valence-electron chi connectivity index (χ2n) is 5.03. The van der Waals surface area contributed by atoms with Crippen molar-refractivity contribution < 1.29 is 0 Å². The Balaban J connectivity index is 2.00. The fourth-order valence-electron chi connectivity index (χ4n) is 1.79. The van der Waals surface area contributed by atoms with Crippen LogP contribution < -0.4 is 10.6 Å². The highest BCUT2D eigenvalue weighted by molar-refractivity contribution is 7.10. The molecule has 0 radical (unpaired) electrons. The average Bonchev–Trinajstić information content (AvgIpc) is 2.92. The fourth-order valence-corrected chi connectivity index (χ4v) is 2.65. The molecule has 4 nitrogen and oxygen atoms in total. The summed E-state index contributed by atoms with van der Waals surface area (Å²) in [7, 11) is 0. The minimum absolute atomic E-state index is 0.0947. The molecule has 19 heavy (non-hydrogen) atoms. The Kier molecular flexibility index (Phi) is 4.37. The van der Waals surface area contributed by atoms with Crippen molar-refractivity contribution in [3.05, 3.63) is 34.8 Å². The van der Waals surface area contributed by atoms with E-state index in [2.05, 4.69) is 58.9 Å². The number of hydrogen-bond donors (Lipinski definition) is 2. The predicted molar refractivity (Wildman–Crippen MR) is 82.0 cm³/mol. The molecule has 0 aromatic carbocycles. The number of aromatic nitrogens is 2. The zero-order valence-electron chi connectivity index (χ0n) is 11.6. The Morgan fingerprint density at radius 3 is 2.58 bits per heavy atom. The van der Waals surface area contributed by atoms with Crippen molar-refractivity contribution in [1.82, 2.24) is 9.97 Å². The first-order valence-corrected chi connectivity index (χ1v) is 7.33. The largest absolute Gasteiger partial charge is 0.370 e. The van der Waals surface area contributed by atoms with Gasteiger partial charge in [0.1, 0.15) is 18.0 Å². The van der Waals surface area contributed by atoms with Crippen LogP contribution in [0.15, 0.2) is 29.9 Å². The van der Waals surface area contributed by atoms with E-state index in [-0.39, 0.29) is 5.41 Å². The molecule has 0 aliphatic carbocycles. The SMILES string of the molecule is CCNc1cc(NCC(C)(C)c2cccs2)ncn1. The quantitative estimate of drug-likeness (QED) is 0.849. The van der Waals surface area contributed by atoms with E-state index in [4.69, 9.17) is 0 Å². The van der Waals surface area contributed by atoms with E-state index in [1.165, 1.54) is 4.88 Å². The smallest absolute Gasteiger partial charge is 0.131 e. The molecule has 0 unspecified atom stereocenters. The Bertz CT molecular complexity index is 508. The molecule has 0 aliphatic heterocycles. The zero-order valence-corrected chi connectivity index (χ0v) is 12.4. The van der Waals surface area contributed by atoms with Crippen molar-refractivity contribution in [2.24, 2.45) is 0 Å². The minimum Gasteiger partial charge on any atom is -0.370 e. The van der Waals surface area contributed by atoms with Gasteiger partial charge in [-0.25, -0.2) is 9.97 Å². The Labute approximate surface area is 118 Å². The van der Waals surface area contributed by atoms with E-state index >= 15 is 0 Å². The lowest BCUT2D eigenvalue weighted by Gasteiger charge is -2.24. The molecule has 2 aromatic heterocycles. The maximum Gasteiger partial charge on any atom is 0.131 e. The standard InChI is InChI=1S/C14H20N4S/c1-4-15-12-8-13(18-10-17-12)16-9-14(2,3)11-6-5-7-19-11/h5-8,10H,4,9H2,1-3H3,(H2,15,16,17,18). The molecule has 2 rings (SSSR count). The van der Waals surface area contributed by atoms with Crippen LogP contribution in [0.25, 0.3) is 0 Å². The number of rotatable bonds is 6. The molecule has 2 aromatic rings. The van der Waals surface area contributed by atoms with Crippen LogP contribution in [0.3, 0.4) is 0 Å². The summed E-state index contributed by atoms with van der Waals surface area (Å²) in [5.41, 5.74) is 0.0947. The van der Waals surface area contributed by atoms with E-state index in [0.717, 1.165) is 24.7 Å². The molecule has 0 spiro atoms. The van der Waals surface area contributed by atoms with Gasteiger partial charge in [-0.2, -0.15) is 0 Å². The summed E-state index contributed by atoms with van der Waals surface area (Å²) in [5.74, 6) is 1.71. The molecule has 0 fully saturated rings. The third-order valence-electron chi connectivity index (χ3n) is 2.92. The number of anilines is 2. The summed E-state index contributed by atoms with van der Waals surface area (Å²) >= 11 is 1.79. The molecule has 5 heteroatoms. The maximum absolute atomic E-state index is 4.25. The van der Waals surface area contributed by atoms with E-state index in [0.29, 0.717) is 0 Å². The highest BCUT2D eigenvalue weighted by Gasteiger charge is 2.21. The number of hydrogen-bond acceptors (Lipinski definition) is 5. The molecule has 0 atom stereocenters. The first-order valence-electron chi connectivity index (χ1n) is 6.45. The van der Waals surface area contributed by atoms with Gasteiger partial charge >= 0.3 is 0 Å². The van der Waals surface area contributed by atoms with Crippen molar-refractivity contribution >= 4 is 23.0 Å². The van der Waals surface area contributed by atoms with Crippen molar-refractivity contribution in [3.63, 3.8) is 0 Å². The van der Waals surface area contributed by atoms with E-state index in [9.17, 15) is 0 Å². The number of thiophene rings is 1. The van der Waals surface area contributed by atoms with Crippen LogP contribution in [0.4, 0.5) is 11.6 Å². The van der Waals surface area contributed by atoms with Gasteiger partial charge in [-0.15, -0.1) is 11.3 Å². The first-order chi connectivity index (χ1) is 9.12. The zero-order chi connectivity index (χ0) is 13.7. The summed E-state index contributed by atoms with van der Waals surface area (Å²) in [6.45, 7) is 8.22. The van der Waals surface area contributed by atoms with Gasteiger partial charge in [0, 0.05) is 29.4 Å². The highest BCUT2D eigenvalue weighted by atomic mass is 32.1. The third kappa shape index (κ3) is 3.67. The lowest BCUT2D eigenvalue weighted by atomic mass is 9.91. The molecule has 0 saturated carbocycles. The summed E-state index contributed by atoms with van der Waals surface area (Å²) in [5, 5.41) is 8.69. The van der Waals surface area contributed by atoms with Crippen LogP contribution in [0.2, 0.25) is 0 Å². The molecule has 2 N–H and O–H groups in total. The molecular weight excluding hydrogens is 256 g/mol. The van der Waals surface area contributed by atoms with Crippen LogP contribution in [-0.4, -0.2) is 23.1 Å². The Morgan fingerprint density at radius 1 is 1.21 bits per heavy atom. The first kappa shape index (κ1) is 13.8. The van der Waals surface area contributed by atoms with Crippen LogP contribution in [-0.2, 0) is 5.41 Å². The molecular formula is C14H20N4S. The van der Waals surface area contributed by atoms with Gasteiger partial charge in [-0.3, -0.25) is 0 Å². The van der Waals surface area contributed by atoms with E-state index in [1.54, 1.807) is 17.7 Å². The van der Waals surface area contributed by atoms with Gasteiger partial charge in [-0.1, -0.05) is 19.9 Å². The van der Waals surface area contributed by atoms with Gasteiger partial charge in [0.05, 0.1) is 0 Å². The highest BCUT2D eigenvalue weighted by Crippen LogP contribution is 2.27. The molecule has 0 amide bonds. The number of nitrogens with zero attached hydrogens (tertiary/aromatic N) is 2. The Morgan fingerprint density at radius 2 is 1.95 bits per heavy atom. The Hall–Kier alpha value is -1.62. The van der Waals surface area contributed by atoms with Crippen molar-refractivity contribution in [1.29, 1.82) is 0 Å². The van der Waals surface area contributed by atoms with Crippen LogP contribution in [0, 0.1) is 0 Å². The predicted octanol–water partition coefficient (Wildman–Crippen LogP) is 3.36. The van der Waals surface area contributed by atoms with Crippen molar-refractivity contribution in [3.8, 4) is 0 Å². The fraction of sp³-hybridized carbons (Fsp3) is 0.429. The minimum atomic E-state index is 0.0947. The second-order valence-corrected chi connectivity index (χ2v) is 5.98. The summed E-state index contributed by atoms with van der Waals surface area (Å²) in [4.78, 5) is 9.79. The van der Waals surface area contributed by atoms with Crippen LogP contribution in [0.5, 0.6) is 0 Å².